The maximum Gasteiger partial charge on any atom is 0.238 e. The fraction of sp³-hybridized carbons (Fsp3) is 0.364. The van der Waals surface area contributed by atoms with Gasteiger partial charge < -0.3 is 15.2 Å². The topological polar surface area (TPSA) is 90.8 Å². The minimum absolute atomic E-state index is 0.159. The smallest absolute Gasteiger partial charge is 0.238 e. The molecule has 0 spiro atoms. The molecule has 0 saturated carbocycles. The number of ether oxygens (including phenoxy) is 2. The molecule has 0 fully saturated rings. The number of rotatable bonds is 3. The molecule has 0 aromatic heterocycles. The van der Waals surface area contributed by atoms with Gasteiger partial charge in [-0.2, -0.15) is 0 Å². The second kappa shape index (κ2) is 4.60. The molecule has 6 nitrogen and oxygen atoms in total. The van der Waals surface area contributed by atoms with E-state index in [1.807, 2.05) is 6.07 Å². The van der Waals surface area contributed by atoms with Crippen LogP contribution in [0.15, 0.2) is 18.2 Å². The Bertz CT molecular complexity index is 434. The Morgan fingerprint density at radius 3 is 2.88 bits per heavy atom. The fourth-order valence-electron chi connectivity index (χ4n) is 1.59. The molecule has 1 aromatic rings. The summed E-state index contributed by atoms with van der Waals surface area (Å²) >= 11 is 0. The van der Waals surface area contributed by atoms with Crippen molar-refractivity contribution in [3.05, 3.63) is 23.8 Å². The van der Waals surface area contributed by atoms with Crippen molar-refractivity contribution in [3.8, 4) is 11.5 Å². The van der Waals surface area contributed by atoms with Crippen LogP contribution in [0.2, 0.25) is 0 Å². The first kappa shape index (κ1) is 11.7. The van der Waals surface area contributed by atoms with Gasteiger partial charge in [-0.15, -0.1) is 0 Å². The van der Waals surface area contributed by atoms with E-state index in [9.17, 15) is 4.79 Å². The highest BCUT2D eigenvalue weighted by Crippen LogP contribution is 2.34. The molecular weight excluding hydrogens is 222 g/mol. The van der Waals surface area contributed by atoms with Gasteiger partial charge in [0.15, 0.2) is 11.5 Å². The van der Waals surface area contributed by atoms with Crippen LogP contribution >= 0.6 is 0 Å². The zero-order valence-corrected chi connectivity index (χ0v) is 9.55. The summed E-state index contributed by atoms with van der Waals surface area (Å²) in [4.78, 5) is 11.4. The molecule has 1 heterocycles. The van der Waals surface area contributed by atoms with Gasteiger partial charge in [0.05, 0.1) is 0 Å². The number of nitrogens with zero attached hydrogens (tertiary/aromatic N) is 1. The van der Waals surface area contributed by atoms with E-state index in [2.05, 4.69) is 0 Å². The normalized spacial score (nSPS) is 14.5. The lowest BCUT2D eigenvalue weighted by Gasteiger charge is -2.15. The Balaban J connectivity index is 2.09. The number of amides is 1. The highest BCUT2D eigenvalue weighted by Gasteiger charge is 2.18. The number of fused-ring (bicyclic) bond motifs is 1. The molecule has 0 saturated heterocycles. The molecule has 0 radical (unpaired) electrons. The molecule has 1 amide bonds. The van der Waals surface area contributed by atoms with Crippen LogP contribution in [0.1, 0.15) is 18.0 Å². The lowest BCUT2D eigenvalue weighted by Crippen LogP contribution is -2.35. The summed E-state index contributed by atoms with van der Waals surface area (Å²) in [6.45, 7) is 0.221. The number of hydrazine groups is 1. The van der Waals surface area contributed by atoms with Gasteiger partial charge >= 0.3 is 0 Å². The van der Waals surface area contributed by atoms with E-state index in [4.69, 9.17) is 21.1 Å². The van der Waals surface area contributed by atoms with Crippen LogP contribution in [-0.4, -0.2) is 24.8 Å². The number of carbonyl (C=O) groups is 1. The summed E-state index contributed by atoms with van der Waals surface area (Å²) < 4.78 is 10.4. The van der Waals surface area contributed by atoms with Crippen molar-refractivity contribution in [1.82, 2.24) is 5.01 Å². The van der Waals surface area contributed by atoms with E-state index in [0.717, 1.165) is 10.6 Å². The van der Waals surface area contributed by atoms with Crippen LogP contribution < -0.4 is 21.1 Å². The largest absolute Gasteiger partial charge is 0.454 e. The van der Waals surface area contributed by atoms with E-state index in [0.29, 0.717) is 11.5 Å². The van der Waals surface area contributed by atoms with E-state index in [-0.39, 0.29) is 19.1 Å². The molecular formula is C11H15N3O3. The Morgan fingerprint density at radius 1 is 1.47 bits per heavy atom. The van der Waals surface area contributed by atoms with Gasteiger partial charge in [0.1, 0.15) is 0 Å². The molecule has 1 unspecified atom stereocenters. The predicted octanol–water partition coefficient (Wildman–Crippen LogP) is 0.137. The summed E-state index contributed by atoms with van der Waals surface area (Å²) in [6, 6.07) is 5.00. The van der Waals surface area contributed by atoms with Gasteiger partial charge in [0.2, 0.25) is 12.7 Å². The summed E-state index contributed by atoms with van der Waals surface area (Å²) in [7, 11) is 1.49. The van der Waals surface area contributed by atoms with Crippen molar-refractivity contribution in [2.75, 3.05) is 13.8 Å². The number of carbonyl (C=O) groups excluding carboxylic acids is 1. The highest BCUT2D eigenvalue weighted by atomic mass is 16.7. The van der Waals surface area contributed by atoms with Crippen molar-refractivity contribution in [2.24, 2.45) is 11.6 Å². The molecule has 17 heavy (non-hydrogen) atoms. The van der Waals surface area contributed by atoms with Crippen molar-refractivity contribution < 1.29 is 14.3 Å². The van der Waals surface area contributed by atoms with Crippen molar-refractivity contribution >= 4 is 5.91 Å². The Hall–Kier alpha value is -1.79. The fourth-order valence-corrected chi connectivity index (χ4v) is 1.59. The third kappa shape index (κ3) is 2.48. The van der Waals surface area contributed by atoms with E-state index < -0.39 is 6.04 Å². The van der Waals surface area contributed by atoms with E-state index >= 15 is 0 Å². The summed E-state index contributed by atoms with van der Waals surface area (Å²) in [5.74, 6) is 6.48. The summed E-state index contributed by atoms with van der Waals surface area (Å²) in [5, 5.41) is 1.03. The SMILES string of the molecule is CN(N)C(=O)CC(N)c1ccc2c(c1)OCO2. The van der Waals surface area contributed by atoms with Gasteiger partial charge in [-0.05, 0) is 17.7 Å². The quantitative estimate of drug-likeness (QED) is 0.443. The molecule has 0 aliphatic carbocycles. The van der Waals surface area contributed by atoms with Gasteiger partial charge in [-0.25, -0.2) is 5.84 Å². The monoisotopic (exact) mass is 237 g/mol. The number of nitrogens with two attached hydrogens (primary N) is 2. The number of hydrogen-bond donors (Lipinski definition) is 2. The molecule has 1 aliphatic heterocycles. The molecule has 1 aliphatic rings. The second-order valence-electron chi connectivity index (χ2n) is 3.93. The summed E-state index contributed by atoms with van der Waals surface area (Å²) in [6.07, 6.45) is 0.159. The third-order valence-corrected chi connectivity index (χ3v) is 2.61. The van der Waals surface area contributed by atoms with E-state index in [1.165, 1.54) is 7.05 Å². The van der Waals surface area contributed by atoms with Crippen LogP contribution in [0.4, 0.5) is 0 Å². The van der Waals surface area contributed by atoms with Gasteiger partial charge in [-0.1, -0.05) is 6.07 Å². The number of hydrogen-bond acceptors (Lipinski definition) is 5. The zero-order valence-electron chi connectivity index (χ0n) is 9.55. The standard InChI is InChI=1S/C11H15N3O3/c1-14(13)11(15)5-8(12)7-2-3-9-10(4-7)17-6-16-9/h2-4,8H,5-6,12-13H2,1H3. The molecule has 2 rings (SSSR count). The molecule has 1 atom stereocenters. The van der Waals surface area contributed by atoms with Crippen LogP contribution in [0.25, 0.3) is 0 Å². The minimum atomic E-state index is -0.400. The lowest BCUT2D eigenvalue weighted by molar-refractivity contribution is -0.130. The van der Waals surface area contributed by atoms with Crippen LogP contribution in [-0.2, 0) is 4.79 Å². The molecule has 92 valence electrons. The van der Waals surface area contributed by atoms with Crippen LogP contribution in [0, 0.1) is 0 Å². The maximum absolute atomic E-state index is 11.4. The summed E-state index contributed by atoms with van der Waals surface area (Å²) in [5.41, 5.74) is 6.75. The molecule has 6 heteroatoms. The zero-order chi connectivity index (χ0) is 12.4. The van der Waals surface area contributed by atoms with Gasteiger partial charge in [0.25, 0.3) is 0 Å². The van der Waals surface area contributed by atoms with Gasteiger partial charge in [0, 0.05) is 19.5 Å². The first-order valence-corrected chi connectivity index (χ1v) is 5.24. The molecule has 4 N–H and O–H groups in total. The lowest BCUT2D eigenvalue weighted by atomic mass is 10.0. The Morgan fingerprint density at radius 2 is 2.18 bits per heavy atom. The van der Waals surface area contributed by atoms with Crippen LogP contribution in [0.3, 0.4) is 0 Å². The number of benzene rings is 1. The highest BCUT2D eigenvalue weighted by molar-refractivity contribution is 5.76. The predicted molar refractivity (Wildman–Crippen MR) is 61.1 cm³/mol. The van der Waals surface area contributed by atoms with E-state index in [1.54, 1.807) is 12.1 Å². The molecule has 0 bridgehead atoms. The minimum Gasteiger partial charge on any atom is -0.454 e. The maximum atomic E-state index is 11.4. The Kier molecular flexibility index (Phi) is 3.16. The third-order valence-electron chi connectivity index (χ3n) is 2.61. The first-order chi connectivity index (χ1) is 8.08. The Labute approximate surface area is 99.0 Å². The first-order valence-electron chi connectivity index (χ1n) is 5.24. The average Bonchev–Trinajstić information content (AvgIpc) is 2.75. The average molecular weight is 237 g/mol. The van der Waals surface area contributed by atoms with Crippen molar-refractivity contribution in [3.63, 3.8) is 0 Å². The van der Waals surface area contributed by atoms with Gasteiger partial charge in [-0.3, -0.25) is 9.80 Å². The van der Waals surface area contributed by atoms with Crippen LogP contribution in [0.5, 0.6) is 11.5 Å². The molecule has 1 aromatic carbocycles. The van der Waals surface area contributed by atoms with Crippen molar-refractivity contribution in [1.29, 1.82) is 0 Å². The second-order valence-corrected chi connectivity index (χ2v) is 3.93. The van der Waals surface area contributed by atoms with Crippen molar-refractivity contribution in [2.45, 2.75) is 12.5 Å².